The molecule has 1 rings (SSSR count). The van der Waals surface area contributed by atoms with Gasteiger partial charge in [-0.3, -0.25) is 0 Å². The monoisotopic (exact) mass is 381 g/mol. The number of nitrogen functional groups attached to an aromatic ring is 1. The van der Waals surface area contributed by atoms with Crippen LogP contribution in [0.2, 0.25) is 0 Å². The molecule has 80 valence electrons. The topological polar surface area (TPSA) is 52.3 Å². The summed E-state index contributed by atoms with van der Waals surface area (Å²) in [6.07, 6.45) is 1.64. The molecule has 0 aliphatic rings. The van der Waals surface area contributed by atoms with E-state index in [1.165, 1.54) is 7.11 Å². The second-order valence-corrected chi connectivity index (χ2v) is 4.86. The highest BCUT2D eigenvalue weighted by atomic mass is 127. The van der Waals surface area contributed by atoms with Gasteiger partial charge in [-0.05, 0) is 62.3 Å². The zero-order chi connectivity index (χ0) is 11.4. The second-order valence-electron chi connectivity index (χ2n) is 2.76. The molecule has 0 saturated heterocycles. The van der Waals surface area contributed by atoms with Crippen molar-refractivity contribution >= 4 is 56.3 Å². The Bertz CT molecular complexity index is 418. The summed E-state index contributed by atoms with van der Waals surface area (Å²) in [6.45, 7) is 0. The van der Waals surface area contributed by atoms with E-state index >= 15 is 0 Å². The highest BCUT2D eigenvalue weighted by molar-refractivity contribution is 14.1. The van der Waals surface area contributed by atoms with Crippen molar-refractivity contribution < 1.29 is 9.53 Å². The van der Waals surface area contributed by atoms with Gasteiger partial charge in [-0.1, -0.05) is 6.07 Å². The SMILES string of the molecule is COC(=O)/C(Br)=C/c1ccc(I)cc1N. The smallest absolute Gasteiger partial charge is 0.344 e. The molecule has 0 amide bonds. The number of halogens is 2. The summed E-state index contributed by atoms with van der Waals surface area (Å²) in [5, 5.41) is 0. The Morgan fingerprint density at radius 2 is 2.27 bits per heavy atom. The second kappa shape index (κ2) is 5.50. The fourth-order valence-corrected chi connectivity index (χ4v) is 1.89. The maximum absolute atomic E-state index is 11.1. The number of esters is 1. The number of carbonyl (C=O) groups is 1. The minimum atomic E-state index is -0.423. The molecular formula is C10H9BrINO2. The molecule has 0 bridgehead atoms. The van der Waals surface area contributed by atoms with Crippen LogP contribution in [-0.2, 0) is 9.53 Å². The lowest BCUT2D eigenvalue weighted by Crippen LogP contribution is -1.99. The first-order chi connectivity index (χ1) is 7.04. The summed E-state index contributed by atoms with van der Waals surface area (Å²) < 4.78 is 5.95. The number of methoxy groups -OCH3 is 1. The van der Waals surface area contributed by atoms with Gasteiger partial charge in [-0.15, -0.1) is 0 Å². The van der Waals surface area contributed by atoms with Crippen LogP contribution in [0.1, 0.15) is 5.56 Å². The fourth-order valence-electron chi connectivity index (χ4n) is 0.970. The lowest BCUT2D eigenvalue weighted by molar-refractivity contribution is -0.135. The molecule has 0 atom stereocenters. The average molecular weight is 382 g/mol. The van der Waals surface area contributed by atoms with Crippen molar-refractivity contribution in [1.29, 1.82) is 0 Å². The average Bonchev–Trinajstić information content (AvgIpc) is 2.20. The first kappa shape index (κ1) is 12.5. The number of ether oxygens (including phenoxy) is 1. The first-order valence-corrected chi connectivity index (χ1v) is 5.92. The number of carbonyl (C=O) groups excluding carboxylic acids is 1. The largest absolute Gasteiger partial charge is 0.465 e. The molecule has 0 aromatic heterocycles. The zero-order valence-electron chi connectivity index (χ0n) is 7.96. The van der Waals surface area contributed by atoms with Crippen molar-refractivity contribution in [1.82, 2.24) is 0 Å². The molecule has 15 heavy (non-hydrogen) atoms. The molecule has 2 N–H and O–H groups in total. The van der Waals surface area contributed by atoms with Crippen LogP contribution < -0.4 is 5.73 Å². The van der Waals surface area contributed by atoms with Gasteiger partial charge < -0.3 is 10.5 Å². The van der Waals surface area contributed by atoms with Gasteiger partial charge in [0.2, 0.25) is 0 Å². The van der Waals surface area contributed by atoms with Crippen molar-refractivity contribution in [3.63, 3.8) is 0 Å². The van der Waals surface area contributed by atoms with Crippen molar-refractivity contribution in [2.24, 2.45) is 0 Å². The van der Waals surface area contributed by atoms with E-state index in [9.17, 15) is 4.79 Å². The van der Waals surface area contributed by atoms with Gasteiger partial charge in [0.15, 0.2) is 0 Å². The molecule has 0 heterocycles. The Kier molecular flexibility index (Phi) is 4.59. The summed E-state index contributed by atoms with van der Waals surface area (Å²) in [7, 11) is 1.33. The predicted molar refractivity (Wildman–Crippen MR) is 72.5 cm³/mol. The van der Waals surface area contributed by atoms with Crippen LogP contribution in [0.25, 0.3) is 6.08 Å². The van der Waals surface area contributed by atoms with Crippen LogP contribution in [0.3, 0.4) is 0 Å². The number of anilines is 1. The molecule has 1 aromatic carbocycles. The van der Waals surface area contributed by atoms with Gasteiger partial charge in [0.1, 0.15) is 4.48 Å². The third-order valence-electron chi connectivity index (χ3n) is 1.71. The van der Waals surface area contributed by atoms with E-state index < -0.39 is 5.97 Å². The van der Waals surface area contributed by atoms with Crippen LogP contribution in [-0.4, -0.2) is 13.1 Å². The summed E-state index contributed by atoms with van der Waals surface area (Å²) in [5.74, 6) is -0.423. The zero-order valence-corrected chi connectivity index (χ0v) is 11.7. The maximum Gasteiger partial charge on any atom is 0.344 e. The van der Waals surface area contributed by atoms with E-state index in [1.807, 2.05) is 18.2 Å². The maximum atomic E-state index is 11.1. The highest BCUT2D eigenvalue weighted by Gasteiger charge is 2.06. The van der Waals surface area contributed by atoms with E-state index in [1.54, 1.807) is 6.08 Å². The van der Waals surface area contributed by atoms with Gasteiger partial charge in [-0.25, -0.2) is 4.79 Å². The van der Waals surface area contributed by atoms with Gasteiger partial charge in [-0.2, -0.15) is 0 Å². The lowest BCUT2D eigenvalue weighted by atomic mass is 10.2. The van der Waals surface area contributed by atoms with Crippen molar-refractivity contribution in [3.05, 3.63) is 31.8 Å². The van der Waals surface area contributed by atoms with Crippen LogP contribution >= 0.6 is 38.5 Å². The van der Waals surface area contributed by atoms with Gasteiger partial charge in [0, 0.05) is 9.26 Å². The Balaban J connectivity index is 3.03. The number of benzene rings is 1. The van der Waals surface area contributed by atoms with E-state index in [-0.39, 0.29) is 0 Å². The van der Waals surface area contributed by atoms with E-state index in [2.05, 4.69) is 43.3 Å². The Morgan fingerprint density at radius 3 is 2.80 bits per heavy atom. The molecule has 5 heteroatoms. The number of rotatable bonds is 2. The molecule has 3 nitrogen and oxygen atoms in total. The van der Waals surface area contributed by atoms with Crippen molar-refractivity contribution in [3.8, 4) is 0 Å². The van der Waals surface area contributed by atoms with Crippen LogP contribution in [0.5, 0.6) is 0 Å². The third-order valence-corrected chi connectivity index (χ3v) is 2.94. The van der Waals surface area contributed by atoms with Crippen molar-refractivity contribution in [2.45, 2.75) is 0 Å². The van der Waals surface area contributed by atoms with Crippen LogP contribution in [0.4, 0.5) is 5.69 Å². The molecule has 1 aromatic rings. The molecule has 0 aliphatic heterocycles. The number of hydrogen-bond donors (Lipinski definition) is 1. The predicted octanol–water partition coefficient (Wildman–Crippen LogP) is 2.78. The Hall–Kier alpha value is -0.560. The van der Waals surface area contributed by atoms with Crippen LogP contribution in [0, 0.1) is 3.57 Å². The summed E-state index contributed by atoms with van der Waals surface area (Å²) in [4.78, 5) is 11.1. The van der Waals surface area contributed by atoms with E-state index in [0.29, 0.717) is 10.2 Å². The summed E-state index contributed by atoms with van der Waals surface area (Å²) in [6, 6.07) is 5.60. The fraction of sp³-hybridized carbons (Fsp3) is 0.100. The molecule has 0 spiro atoms. The minimum absolute atomic E-state index is 0.345. The number of nitrogens with two attached hydrogens (primary N) is 1. The quantitative estimate of drug-likeness (QED) is 0.371. The molecule has 0 radical (unpaired) electrons. The van der Waals surface area contributed by atoms with Crippen LogP contribution in [0.15, 0.2) is 22.7 Å². The molecule has 0 fully saturated rings. The van der Waals surface area contributed by atoms with Gasteiger partial charge in [0.25, 0.3) is 0 Å². The molecule has 0 saturated carbocycles. The normalized spacial score (nSPS) is 11.3. The molecule has 0 unspecified atom stereocenters. The van der Waals surface area contributed by atoms with Gasteiger partial charge in [0.05, 0.1) is 7.11 Å². The van der Waals surface area contributed by atoms with Gasteiger partial charge >= 0.3 is 5.97 Å². The third kappa shape index (κ3) is 3.49. The summed E-state index contributed by atoms with van der Waals surface area (Å²) in [5.41, 5.74) is 7.20. The van der Waals surface area contributed by atoms with E-state index in [4.69, 9.17) is 5.73 Å². The minimum Gasteiger partial charge on any atom is -0.465 e. The standard InChI is InChI=1S/C10H9BrINO2/c1-15-10(14)8(11)4-6-2-3-7(12)5-9(6)13/h2-5H,13H2,1H3/b8-4-. The highest BCUT2D eigenvalue weighted by Crippen LogP contribution is 2.21. The lowest BCUT2D eigenvalue weighted by Gasteiger charge is -2.02. The summed E-state index contributed by atoms with van der Waals surface area (Å²) >= 11 is 5.29. The molecule has 0 aliphatic carbocycles. The number of hydrogen-bond acceptors (Lipinski definition) is 3. The molecular weight excluding hydrogens is 373 g/mol. The Morgan fingerprint density at radius 1 is 1.60 bits per heavy atom. The Labute approximate surface area is 110 Å². The van der Waals surface area contributed by atoms with Crippen molar-refractivity contribution in [2.75, 3.05) is 12.8 Å². The van der Waals surface area contributed by atoms with E-state index in [0.717, 1.165) is 9.13 Å². The first-order valence-electron chi connectivity index (χ1n) is 4.05.